The van der Waals surface area contributed by atoms with Gasteiger partial charge in [0, 0.05) is 12.1 Å². The van der Waals surface area contributed by atoms with Gasteiger partial charge in [-0.2, -0.15) is 0 Å². The van der Waals surface area contributed by atoms with Crippen LogP contribution in [0, 0.1) is 17.7 Å². The van der Waals surface area contributed by atoms with Crippen molar-refractivity contribution in [3.63, 3.8) is 0 Å². The molecule has 0 aliphatic heterocycles. The minimum atomic E-state index is -0.280. The summed E-state index contributed by atoms with van der Waals surface area (Å²) in [4.78, 5) is 0.230. The first-order valence-corrected chi connectivity index (χ1v) is 7.84. The van der Waals surface area contributed by atoms with Crippen LogP contribution in [-0.2, 0) is 0 Å². The number of thiocarbonyl (C=S) groups is 1. The average molecular weight is 294 g/mol. The summed E-state index contributed by atoms with van der Waals surface area (Å²) < 4.78 is 13.9. The van der Waals surface area contributed by atoms with E-state index in [4.69, 9.17) is 18.0 Å². The third kappa shape index (κ3) is 3.92. The molecule has 1 aliphatic rings. The summed E-state index contributed by atoms with van der Waals surface area (Å²) in [6.45, 7) is 3.11. The predicted octanol–water partition coefficient (Wildman–Crippen LogP) is 4.09. The van der Waals surface area contributed by atoms with Crippen LogP contribution in [0.2, 0.25) is 0 Å². The molecule has 110 valence electrons. The van der Waals surface area contributed by atoms with Gasteiger partial charge in [0.2, 0.25) is 0 Å². The smallest absolute Gasteiger partial charge is 0.146 e. The lowest BCUT2D eigenvalue weighted by Crippen LogP contribution is -2.21. The van der Waals surface area contributed by atoms with Gasteiger partial charge in [-0.25, -0.2) is 4.39 Å². The molecule has 0 atom stereocenters. The molecular weight excluding hydrogens is 271 g/mol. The number of hydrogen-bond acceptors (Lipinski definition) is 2. The molecule has 0 heterocycles. The van der Waals surface area contributed by atoms with Crippen molar-refractivity contribution >= 4 is 22.9 Å². The second-order valence-corrected chi connectivity index (χ2v) is 6.17. The second kappa shape index (κ2) is 7.02. The van der Waals surface area contributed by atoms with Gasteiger partial charge >= 0.3 is 0 Å². The number of halogens is 1. The molecule has 1 aromatic rings. The highest BCUT2D eigenvalue weighted by molar-refractivity contribution is 7.80. The van der Waals surface area contributed by atoms with Crippen LogP contribution >= 0.6 is 12.2 Å². The maximum Gasteiger partial charge on any atom is 0.146 e. The fourth-order valence-electron chi connectivity index (χ4n) is 2.91. The van der Waals surface area contributed by atoms with Crippen molar-refractivity contribution in [2.75, 3.05) is 11.9 Å². The summed E-state index contributed by atoms with van der Waals surface area (Å²) in [6, 6.07) is 4.89. The molecule has 0 amide bonds. The summed E-state index contributed by atoms with van der Waals surface area (Å²) in [6.07, 6.45) is 6.41. The number of rotatable bonds is 5. The quantitative estimate of drug-likeness (QED) is 0.803. The van der Waals surface area contributed by atoms with Gasteiger partial charge in [-0.15, -0.1) is 0 Å². The molecule has 4 heteroatoms. The Balaban J connectivity index is 1.87. The van der Waals surface area contributed by atoms with Crippen molar-refractivity contribution in [1.29, 1.82) is 0 Å². The first-order chi connectivity index (χ1) is 9.60. The third-order valence-corrected chi connectivity index (χ3v) is 4.61. The minimum absolute atomic E-state index is 0.230. The topological polar surface area (TPSA) is 38.0 Å². The lowest BCUT2D eigenvalue weighted by molar-refractivity contribution is 0.278. The van der Waals surface area contributed by atoms with Crippen molar-refractivity contribution in [2.24, 2.45) is 17.6 Å². The number of nitrogens with two attached hydrogens (primary N) is 1. The molecule has 20 heavy (non-hydrogen) atoms. The van der Waals surface area contributed by atoms with E-state index in [1.807, 2.05) is 0 Å². The van der Waals surface area contributed by atoms with Gasteiger partial charge < -0.3 is 11.1 Å². The lowest BCUT2D eigenvalue weighted by Gasteiger charge is -2.28. The largest absolute Gasteiger partial charge is 0.389 e. The molecule has 2 rings (SSSR count). The van der Waals surface area contributed by atoms with Crippen LogP contribution in [0.15, 0.2) is 18.2 Å². The first kappa shape index (κ1) is 15.2. The third-order valence-electron chi connectivity index (χ3n) is 4.38. The van der Waals surface area contributed by atoms with Gasteiger partial charge in [0.05, 0.1) is 5.69 Å². The molecule has 0 aromatic heterocycles. The standard InChI is InChI=1S/C16H23FN2S/c1-2-11-3-5-12(6-4-11)10-19-15-8-7-13(16(18)20)9-14(15)17/h7-9,11-12,19H,2-6,10H2,1H3,(H2,18,20). The predicted molar refractivity (Wildman–Crippen MR) is 86.5 cm³/mol. The molecular formula is C16H23FN2S. The van der Waals surface area contributed by atoms with Gasteiger partial charge in [0.25, 0.3) is 0 Å². The van der Waals surface area contributed by atoms with Crippen LogP contribution in [0.3, 0.4) is 0 Å². The summed E-state index contributed by atoms with van der Waals surface area (Å²) >= 11 is 4.85. The first-order valence-electron chi connectivity index (χ1n) is 7.43. The number of nitrogens with one attached hydrogen (secondary N) is 1. The Kier molecular flexibility index (Phi) is 5.35. The van der Waals surface area contributed by atoms with Crippen LogP contribution < -0.4 is 11.1 Å². The molecule has 0 spiro atoms. The van der Waals surface area contributed by atoms with E-state index < -0.39 is 0 Å². The van der Waals surface area contributed by atoms with Crippen molar-refractivity contribution < 1.29 is 4.39 Å². The van der Waals surface area contributed by atoms with Crippen molar-refractivity contribution in [3.8, 4) is 0 Å². The van der Waals surface area contributed by atoms with Crippen LogP contribution in [0.25, 0.3) is 0 Å². The summed E-state index contributed by atoms with van der Waals surface area (Å²) in [5.74, 6) is 1.28. The molecule has 0 unspecified atom stereocenters. The fourth-order valence-corrected chi connectivity index (χ4v) is 3.04. The van der Waals surface area contributed by atoms with Crippen molar-refractivity contribution in [2.45, 2.75) is 39.0 Å². The van der Waals surface area contributed by atoms with E-state index >= 15 is 0 Å². The Hall–Kier alpha value is -1.16. The zero-order valence-electron chi connectivity index (χ0n) is 12.0. The van der Waals surface area contributed by atoms with E-state index in [1.165, 1.54) is 38.2 Å². The van der Waals surface area contributed by atoms with E-state index in [0.717, 1.165) is 12.5 Å². The monoisotopic (exact) mass is 294 g/mol. The van der Waals surface area contributed by atoms with E-state index in [0.29, 0.717) is 17.2 Å². The zero-order valence-corrected chi connectivity index (χ0v) is 12.8. The van der Waals surface area contributed by atoms with Gasteiger partial charge in [-0.3, -0.25) is 0 Å². The van der Waals surface area contributed by atoms with Crippen molar-refractivity contribution in [1.82, 2.24) is 0 Å². The van der Waals surface area contributed by atoms with E-state index in [-0.39, 0.29) is 10.8 Å². The van der Waals surface area contributed by atoms with Crippen LogP contribution in [-0.4, -0.2) is 11.5 Å². The van der Waals surface area contributed by atoms with E-state index in [9.17, 15) is 4.39 Å². The van der Waals surface area contributed by atoms with E-state index in [1.54, 1.807) is 12.1 Å². The Labute approximate surface area is 125 Å². The molecule has 0 saturated heterocycles. The van der Waals surface area contributed by atoms with Crippen molar-refractivity contribution in [3.05, 3.63) is 29.6 Å². The zero-order chi connectivity index (χ0) is 14.5. The molecule has 1 saturated carbocycles. The Bertz CT molecular complexity index is 468. The second-order valence-electron chi connectivity index (χ2n) is 5.73. The highest BCUT2D eigenvalue weighted by atomic mass is 32.1. The number of benzene rings is 1. The normalized spacial score (nSPS) is 22.5. The SMILES string of the molecule is CCC1CCC(CNc2ccc(C(N)=S)cc2F)CC1. The molecule has 2 nitrogen and oxygen atoms in total. The highest BCUT2D eigenvalue weighted by Gasteiger charge is 2.19. The van der Waals surface area contributed by atoms with Crippen LogP contribution in [0.5, 0.6) is 0 Å². The molecule has 1 aliphatic carbocycles. The van der Waals surface area contributed by atoms with E-state index in [2.05, 4.69) is 12.2 Å². The summed E-state index contributed by atoms with van der Waals surface area (Å²) in [5, 5.41) is 3.22. The lowest BCUT2D eigenvalue weighted by atomic mass is 9.81. The van der Waals surface area contributed by atoms with Gasteiger partial charge in [-0.05, 0) is 42.9 Å². The minimum Gasteiger partial charge on any atom is -0.389 e. The van der Waals surface area contributed by atoms with Crippen LogP contribution in [0.4, 0.5) is 10.1 Å². The maximum absolute atomic E-state index is 13.9. The Morgan fingerprint density at radius 2 is 1.95 bits per heavy atom. The Morgan fingerprint density at radius 3 is 2.50 bits per heavy atom. The van der Waals surface area contributed by atoms with Gasteiger partial charge in [0.1, 0.15) is 10.8 Å². The summed E-state index contributed by atoms with van der Waals surface area (Å²) in [7, 11) is 0. The number of hydrogen-bond donors (Lipinski definition) is 2. The van der Waals surface area contributed by atoms with Gasteiger partial charge in [0.15, 0.2) is 0 Å². The molecule has 0 radical (unpaired) electrons. The van der Waals surface area contributed by atoms with Gasteiger partial charge in [-0.1, -0.05) is 38.4 Å². The highest BCUT2D eigenvalue weighted by Crippen LogP contribution is 2.30. The Morgan fingerprint density at radius 1 is 1.30 bits per heavy atom. The fraction of sp³-hybridized carbons (Fsp3) is 0.562. The average Bonchev–Trinajstić information content (AvgIpc) is 2.46. The molecule has 3 N–H and O–H groups in total. The molecule has 1 aromatic carbocycles. The number of anilines is 1. The molecule has 1 fully saturated rings. The maximum atomic E-state index is 13.9. The van der Waals surface area contributed by atoms with Crippen LogP contribution in [0.1, 0.15) is 44.6 Å². The molecule has 0 bridgehead atoms. The summed E-state index contributed by atoms with van der Waals surface area (Å²) in [5.41, 5.74) is 6.61.